The molecule has 0 amide bonds. The van der Waals surface area contributed by atoms with Crippen molar-refractivity contribution in [1.82, 2.24) is 5.32 Å². The molecule has 0 spiro atoms. The monoisotopic (exact) mass is 145 g/mol. The Morgan fingerprint density at radius 3 is 2.89 bits per heavy atom. The van der Waals surface area contributed by atoms with Crippen LogP contribution in [0.3, 0.4) is 0 Å². The van der Waals surface area contributed by atoms with Crippen molar-refractivity contribution in [3.05, 3.63) is 0 Å². The third-order valence-electron chi connectivity index (χ3n) is 0.692. The van der Waals surface area contributed by atoms with Gasteiger partial charge in [-0.3, -0.25) is 0 Å². The van der Waals surface area contributed by atoms with E-state index in [9.17, 15) is 0 Å². The highest BCUT2D eigenvalue weighted by Crippen LogP contribution is 1.74. The molecule has 1 N–H and O–H groups in total. The molecular formula is C5H11N3S. The highest BCUT2D eigenvalue weighted by atomic mass is 32.1. The molecule has 0 fully saturated rings. The Morgan fingerprint density at radius 2 is 2.44 bits per heavy atom. The molecule has 0 aromatic rings. The summed E-state index contributed by atoms with van der Waals surface area (Å²) in [6, 6.07) is 0. The molecule has 0 saturated heterocycles. The molecular weight excluding hydrogens is 134 g/mol. The van der Waals surface area contributed by atoms with E-state index in [0.717, 1.165) is 12.4 Å². The number of hydrogen-bond donors (Lipinski definition) is 2. The largest absolute Gasteiger partial charge is 0.373 e. The van der Waals surface area contributed by atoms with Crippen LogP contribution >= 0.6 is 12.6 Å². The molecule has 0 aromatic heterocycles. The zero-order valence-electron chi connectivity index (χ0n) is 5.63. The topological polar surface area (TPSA) is 36.8 Å². The van der Waals surface area contributed by atoms with Crippen molar-refractivity contribution in [2.75, 3.05) is 6.54 Å². The van der Waals surface area contributed by atoms with E-state index in [1.54, 1.807) is 0 Å². The van der Waals surface area contributed by atoms with E-state index in [2.05, 4.69) is 28.1 Å². The molecule has 0 bridgehead atoms. The minimum absolute atomic E-state index is 0.808. The summed E-state index contributed by atoms with van der Waals surface area (Å²) in [7, 11) is 0. The zero-order chi connectivity index (χ0) is 7.11. The quantitative estimate of drug-likeness (QED) is 0.257. The van der Waals surface area contributed by atoms with E-state index < -0.39 is 0 Å². The molecule has 0 aromatic carbocycles. The van der Waals surface area contributed by atoms with Crippen LogP contribution in [-0.4, -0.2) is 17.9 Å². The molecule has 52 valence electrons. The van der Waals surface area contributed by atoms with E-state index in [4.69, 9.17) is 0 Å². The number of nitrogens with zero attached hydrogens (tertiary/aromatic N) is 2. The first-order chi connectivity index (χ1) is 4.31. The van der Waals surface area contributed by atoms with Crippen LogP contribution in [0.5, 0.6) is 0 Å². The van der Waals surface area contributed by atoms with Gasteiger partial charge in [-0.2, -0.15) is 5.10 Å². The van der Waals surface area contributed by atoms with Crippen molar-refractivity contribution >= 4 is 24.0 Å². The number of rotatable bonds is 2. The average molecular weight is 145 g/mol. The van der Waals surface area contributed by atoms with Crippen LogP contribution < -0.4 is 5.32 Å². The van der Waals surface area contributed by atoms with Gasteiger partial charge in [-0.15, -0.1) is 17.7 Å². The Labute approximate surface area is 60.7 Å². The van der Waals surface area contributed by atoms with Gasteiger partial charge in [-0.25, -0.2) is 0 Å². The van der Waals surface area contributed by atoms with Gasteiger partial charge >= 0.3 is 0 Å². The van der Waals surface area contributed by atoms with Crippen LogP contribution in [0.25, 0.3) is 0 Å². The smallest absolute Gasteiger partial charge is 0.121 e. The number of thiol groups is 1. The normalized spacial score (nSPS) is 12.6. The van der Waals surface area contributed by atoms with E-state index >= 15 is 0 Å². The van der Waals surface area contributed by atoms with Gasteiger partial charge in [0, 0.05) is 6.54 Å². The fourth-order valence-electron chi connectivity index (χ4n) is 0.404. The van der Waals surface area contributed by atoms with Crippen molar-refractivity contribution in [2.24, 2.45) is 10.2 Å². The molecule has 4 heteroatoms. The van der Waals surface area contributed by atoms with Crippen LogP contribution in [0, 0.1) is 0 Å². The molecule has 0 heterocycles. The Kier molecular flexibility index (Phi) is 5.30. The SMILES string of the molecule is CCN/C(C)=N/N=C\S. The maximum atomic E-state index is 3.74. The van der Waals surface area contributed by atoms with E-state index in [-0.39, 0.29) is 0 Å². The fourth-order valence-corrected chi connectivity index (χ4v) is 0.455. The maximum Gasteiger partial charge on any atom is 0.121 e. The third-order valence-corrected chi connectivity index (χ3v) is 0.795. The third kappa shape index (κ3) is 5.36. The lowest BCUT2D eigenvalue weighted by atomic mass is 10.6. The predicted octanol–water partition coefficient (Wildman–Crippen LogP) is 0.887. The number of amidine groups is 1. The first-order valence-corrected chi connectivity index (χ1v) is 3.27. The molecule has 0 aliphatic carbocycles. The lowest BCUT2D eigenvalue weighted by Gasteiger charge is -1.95. The number of hydrogen-bond acceptors (Lipinski definition) is 2. The van der Waals surface area contributed by atoms with Gasteiger partial charge in [0.25, 0.3) is 0 Å². The second-order valence-corrected chi connectivity index (χ2v) is 1.68. The Morgan fingerprint density at radius 1 is 1.78 bits per heavy atom. The minimum atomic E-state index is 0.808. The Hall–Kier alpha value is -0.510. The Balaban J connectivity index is 3.55. The van der Waals surface area contributed by atoms with E-state index in [0.29, 0.717) is 0 Å². The minimum Gasteiger partial charge on any atom is -0.373 e. The van der Waals surface area contributed by atoms with Gasteiger partial charge in [0.05, 0.1) is 5.55 Å². The van der Waals surface area contributed by atoms with Gasteiger partial charge in [-0.05, 0) is 13.8 Å². The van der Waals surface area contributed by atoms with Crippen molar-refractivity contribution < 1.29 is 0 Å². The second-order valence-electron chi connectivity index (χ2n) is 1.45. The molecule has 3 nitrogen and oxygen atoms in total. The van der Waals surface area contributed by atoms with Gasteiger partial charge in [0.1, 0.15) is 5.84 Å². The molecule has 0 unspecified atom stereocenters. The summed E-state index contributed by atoms with van der Waals surface area (Å²) in [5, 5.41) is 10.3. The van der Waals surface area contributed by atoms with Crippen LogP contribution in [0.1, 0.15) is 13.8 Å². The van der Waals surface area contributed by atoms with Gasteiger partial charge in [-0.1, -0.05) is 0 Å². The fraction of sp³-hybridized carbons (Fsp3) is 0.600. The van der Waals surface area contributed by atoms with Gasteiger partial charge in [0.2, 0.25) is 0 Å². The molecule has 0 aliphatic heterocycles. The highest BCUT2D eigenvalue weighted by Gasteiger charge is 1.80. The van der Waals surface area contributed by atoms with Crippen LogP contribution in [0.4, 0.5) is 0 Å². The first-order valence-electron chi connectivity index (χ1n) is 2.75. The summed E-state index contributed by atoms with van der Waals surface area (Å²) < 4.78 is 0. The molecule has 0 saturated carbocycles. The van der Waals surface area contributed by atoms with E-state index in [1.165, 1.54) is 5.55 Å². The van der Waals surface area contributed by atoms with Crippen LogP contribution in [0.15, 0.2) is 10.2 Å². The predicted molar refractivity (Wildman–Crippen MR) is 44.3 cm³/mol. The van der Waals surface area contributed by atoms with Crippen LogP contribution in [-0.2, 0) is 0 Å². The second kappa shape index (κ2) is 5.62. The summed E-state index contributed by atoms with van der Waals surface area (Å²) in [4.78, 5) is 0. The van der Waals surface area contributed by atoms with Crippen molar-refractivity contribution in [1.29, 1.82) is 0 Å². The standard InChI is InChI=1S/C5H11N3S/c1-3-6-5(2)8-7-4-9/h4H,3H2,1-2H3,(H,6,8)(H,7,9). The lowest BCUT2D eigenvalue weighted by molar-refractivity contribution is 0.949. The highest BCUT2D eigenvalue weighted by molar-refractivity contribution is 7.94. The van der Waals surface area contributed by atoms with Crippen molar-refractivity contribution in [3.63, 3.8) is 0 Å². The van der Waals surface area contributed by atoms with Crippen molar-refractivity contribution in [2.45, 2.75) is 13.8 Å². The molecule has 0 radical (unpaired) electrons. The van der Waals surface area contributed by atoms with Crippen molar-refractivity contribution in [3.8, 4) is 0 Å². The number of nitrogens with one attached hydrogen (secondary N) is 1. The van der Waals surface area contributed by atoms with Crippen LogP contribution in [0.2, 0.25) is 0 Å². The summed E-state index contributed by atoms with van der Waals surface area (Å²) in [6.45, 7) is 4.73. The van der Waals surface area contributed by atoms with Gasteiger partial charge < -0.3 is 5.32 Å². The van der Waals surface area contributed by atoms with E-state index in [1.807, 2.05) is 13.8 Å². The molecule has 9 heavy (non-hydrogen) atoms. The molecule has 0 atom stereocenters. The summed E-state index contributed by atoms with van der Waals surface area (Å²) in [5.41, 5.74) is 1.35. The first kappa shape index (κ1) is 8.49. The summed E-state index contributed by atoms with van der Waals surface area (Å²) in [5.74, 6) is 0.808. The lowest BCUT2D eigenvalue weighted by Crippen LogP contribution is -2.18. The summed E-state index contributed by atoms with van der Waals surface area (Å²) >= 11 is 3.74. The molecule has 0 aliphatic rings. The summed E-state index contributed by atoms with van der Waals surface area (Å²) in [6.07, 6.45) is 0. The average Bonchev–Trinajstić information content (AvgIpc) is 1.85. The zero-order valence-corrected chi connectivity index (χ0v) is 6.52. The van der Waals surface area contributed by atoms with Gasteiger partial charge in [0.15, 0.2) is 0 Å². The Bertz CT molecular complexity index is 119. The maximum absolute atomic E-state index is 3.74. The molecule has 0 rings (SSSR count).